The van der Waals surface area contributed by atoms with Crippen LogP contribution in [0.3, 0.4) is 0 Å². The van der Waals surface area contributed by atoms with Gasteiger partial charge in [0, 0.05) is 6.04 Å². The number of allylic oxidation sites excluding steroid dienone is 1. The fourth-order valence-electron chi connectivity index (χ4n) is 4.32. The maximum absolute atomic E-state index is 3.62. The number of likely N-dealkylation sites (N-methyl/N-ethyl adjacent to an activating group) is 1. The van der Waals surface area contributed by atoms with Gasteiger partial charge in [-0.2, -0.15) is 0 Å². The lowest BCUT2D eigenvalue weighted by atomic mass is 9.94. The van der Waals surface area contributed by atoms with Gasteiger partial charge in [0.2, 0.25) is 0 Å². The maximum Gasteiger partial charge on any atom is 0.0310 e. The van der Waals surface area contributed by atoms with E-state index in [2.05, 4.69) is 18.4 Å². The van der Waals surface area contributed by atoms with Gasteiger partial charge in [0.1, 0.15) is 0 Å². The number of rotatable bonds is 3. The first-order valence-corrected chi connectivity index (χ1v) is 7.28. The zero-order valence-electron chi connectivity index (χ0n) is 10.5. The lowest BCUT2D eigenvalue weighted by Crippen LogP contribution is -2.31. The van der Waals surface area contributed by atoms with E-state index in [1.807, 2.05) is 0 Å². The normalized spacial score (nSPS) is 39.8. The zero-order chi connectivity index (χ0) is 11.0. The maximum atomic E-state index is 3.62. The second kappa shape index (κ2) is 4.52. The molecule has 0 aromatic carbocycles. The standard InChI is InChI=1S/C15H25N/c1-16-15(11-7-4-2-3-5-8-11)14-12-9-6-10-13(12)14/h7,12-16H,2-6,8-10H2,1H3. The van der Waals surface area contributed by atoms with Gasteiger partial charge in [-0.15, -0.1) is 0 Å². The average molecular weight is 219 g/mol. The van der Waals surface area contributed by atoms with Crippen molar-refractivity contribution in [3.63, 3.8) is 0 Å². The highest BCUT2D eigenvalue weighted by atomic mass is 14.9. The molecule has 3 aliphatic rings. The highest BCUT2D eigenvalue weighted by molar-refractivity contribution is 5.20. The molecule has 3 rings (SSSR count). The summed E-state index contributed by atoms with van der Waals surface area (Å²) in [6.07, 6.45) is 14.1. The van der Waals surface area contributed by atoms with E-state index in [0.717, 1.165) is 23.8 Å². The summed E-state index contributed by atoms with van der Waals surface area (Å²) >= 11 is 0. The summed E-state index contributed by atoms with van der Waals surface area (Å²) in [6, 6.07) is 0.730. The van der Waals surface area contributed by atoms with Crippen molar-refractivity contribution < 1.29 is 0 Å². The van der Waals surface area contributed by atoms with Gasteiger partial charge in [0.05, 0.1) is 0 Å². The fraction of sp³-hybridized carbons (Fsp3) is 0.867. The van der Waals surface area contributed by atoms with Crippen LogP contribution in [0.2, 0.25) is 0 Å². The van der Waals surface area contributed by atoms with Gasteiger partial charge in [-0.3, -0.25) is 0 Å². The molecular weight excluding hydrogens is 194 g/mol. The number of nitrogens with one attached hydrogen (secondary N) is 1. The Morgan fingerprint density at radius 3 is 2.69 bits per heavy atom. The molecule has 0 saturated heterocycles. The van der Waals surface area contributed by atoms with Crippen molar-refractivity contribution in [3.8, 4) is 0 Å². The van der Waals surface area contributed by atoms with Crippen LogP contribution in [0, 0.1) is 17.8 Å². The lowest BCUT2D eigenvalue weighted by Gasteiger charge is -2.21. The molecule has 2 fully saturated rings. The second-order valence-corrected chi connectivity index (χ2v) is 5.98. The number of fused-ring (bicyclic) bond motifs is 1. The molecule has 90 valence electrons. The first kappa shape index (κ1) is 10.8. The van der Waals surface area contributed by atoms with Crippen molar-refractivity contribution in [2.45, 2.75) is 57.4 Å². The molecule has 1 nitrogen and oxygen atoms in total. The van der Waals surface area contributed by atoms with Crippen molar-refractivity contribution in [3.05, 3.63) is 11.6 Å². The van der Waals surface area contributed by atoms with Crippen LogP contribution in [0.5, 0.6) is 0 Å². The quantitative estimate of drug-likeness (QED) is 0.716. The first-order valence-electron chi connectivity index (χ1n) is 7.28. The Hall–Kier alpha value is -0.300. The van der Waals surface area contributed by atoms with Gasteiger partial charge in [-0.05, 0) is 63.3 Å². The molecular formula is C15H25N. The van der Waals surface area contributed by atoms with E-state index in [1.165, 1.54) is 51.4 Å². The van der Waals surface area contributed by atoms with Gasteiger partial charge in [0.25, 0.3) is 0 Å². The van der Waals surface area contributed by atoms with Gasteiger partial charge in [0.15, 0.2) is 0 Å². The van der Waals surface area contributed by atoms with Gasteiger partial charge in [-0.1, -0.05) is 24.5 Å². The van der Waals surface area contributed by atoms with Crippen LogP contribution in [0.25, 0.3) is 0 Å². The molecule has 0 radical (unpaired) electrons. The molecule has 0 spiro atoms. The minimum absolute atomic E-state index is 0.730. The summed E-state index contributed by atoms with van der Waals surface area (Å²) in [4.78, 5) is 0. The minimum Gasteiger partial charge on any atom is -0.313 e. The summed E-state index contributed by atoms with van der Waals surface area (Å²) in [5.41, 5.74) is 1.75. The predicted octanol–water partition coefficient (Wildman–Crippen LogP) is 3.51. The topological polar surface area (TPSA) is 12.0 Å². The fourth-order valence-corrected chi connectivity index (χ4v) is 4.32. The Kier molecular flexibility index (Phi) is 3.06. The van der Waals surface area contributed by atoms with Crippen molar-refractivity contribution in [1.82, 2.24) is 5.32 Å². The number of hydrogen-bond donors (Lipinski definition) is 1. The van der Waals surface area contributed by atoms with Gasteiger partial charge >= 0.3 is 0 Å². The third-order valence-electron chi connectivity index (χ3n) is 5.14. The van der Waals surface area contributed by atoms with Crippen LogP contribution in [0.15, 0.2) is 11.6 Å². The summed E-state index contributed by atoms with van der Waals surface area (Å²) < 4.78 is 0. The molecule has 1 heteroatoms. The Bertz CT molecular complexity index is 271. The highest BCUT2D eigenvalue weighted by Crippen LogP contribution is 2.60. The Morgan fingerprint density at radius 1 is 1.12 bits per heavy atom. The summed E-state index contributed by atoms with van der Waals surface area (Å²) in [5, 5.41) is 3.62. The molecule has 0 heterocycles. The first-order chi connectivity index (χ1) is 7.92. The van der Waals surface area contributed by atoms with Crippen molar-refractivity contribution in [2.24, 2.45) is 17.8 Å². The van der Waals surface area contributed by atoms with E-state index in [-0.39, 0.29) is 0 Å². The van der Waals surface area contributed by atoms with E-state index >= 15 is 0 Å². The van der Waals surface area contributed by atoms with Crippen molar-refractivity contribution in [1.29, 1.82) is 0 Å². The molecule has 0 bridgehead atoms. The smallest absolute Gasteiger partial charge is 0.0310 e. The molecule has 0 aliphatic heterocycles. The Balaban J connectivity index is 1.68. The van der Waals surface area contributed by atoms with Crippen LogP contribution in [-0.4, -0.2) is 13.1 Å². The van der Waals surface area contributed by atoms with Crippen molar-refractivity contribution in [2.75, 3.05) is 7.05 Å². The molecule has 1 N–H and O–H groups in total. The second-order valence-electron chi connectivity index (χ2n) is 5.98. The molecule has 3 unspecified atom stereocenters. The SMILES string of the molecule is CNC(C1=CCCCCC1)C1C2CCCC21. The van der Waals surface area contributed by atoms with Gasteiger partial charge < -0.3 is 5.32 Å². The summed E-state index contributed by atoms with van der Waals surface area (Å²) in [5.74, 6) is 3.17. The molecule has 2 saturated carbocycles. The Morgan fingerprint density at radius 2 is 1.94 bits per heavy atom. The average Bonchev–Trinajstić information content (AvgIpc) is 2.88. The lowest BCUT2D eigenvalue weighted by molar-refractivity contribution is 0.463. The third-order valence-corrected chi connectivity index (χ3v) is 5.14. The third kappa shape index (κ3) is 1.84. The predicted molar refractivity (Wildman–Crippen MR) is 68.3 cm³/mol. The largest absolute Gasteiger partial charge is 0.313 e. The minimum atomic E-state index is 0.730. The molecule has 3 aliphatic carbocycles. The summed E-state index contributed by atoms with van der Waals surface area (Å²) in [6.45, 7) is 0. The van der Waals surface area contributed by atoms with Crippen LogP contribution in [-0.2, 0) is 0 Å². The van der Waals surface area contributed by atoms with Gasteiger partial charge in [-0.25, -0.2) is 0 Å². The van der Waals surface area contributed by atoms with E-state index in [1.54, 1.807) is 5.57 Å². The van der Waals surface area contributed by atoms with E-state index in [0.29, 0.717) is 0 Å². The Labute approximate surface area is 99.7 Å². The molecule has 0 aromatic heterocycles. The zero-order valence-corrected chi connectivity index (χ0v) is 10.5. The molecule has 16 heavy (non-hydrogen) atoms. The van der Waals surface area contributed by atoms with Crippen molar-refractivity contribution >= 4 is 0 Å². The van der Waals surface area contributed by atoms with Crippen LogP contribution in [0.1, 0.15) is 51.4 Å². The van der Waals surface area contributed by atoms with E-state index < -0.39 is 0 Å². The van der Waals surface area contributed by atoms with E-state index in [9.17, 15) is 0 Å². The van der Waals surface area contributed by atoms with Crippen LogP contribution < -0.4 is 5.32 Å². The molecule has 0 amide bonds. The highest BCUT2D eigenvalue weighted by Gasteiger charge is 2.55. The van der Waals surface area contributed by atoms with Crippen LogP contribution >= 0.6 is 0 Å². The number of hydrogen-bond acceptors (Lipinski definition) is 1. The van der Waals surface area contributed by atoms with Crippen LogP contribution in [0.4, 0.5) is 0 Å². The molecule has 3 atom stereocenters. The van der Waals surface area contributed by atoms with E-state index in [4.69, 9.17) is 0 Å². The summed E-state index contributed by atoms with van der Waals surface area (Å²) in [7, 11) is 2.17. The molecule has 0 aromatic rings. The monoisotopic (exact) mass is 219 g/mol.